The summed E-state index contributed by atoms with van der Waals surface area (Å²) in [5.41, 5.74) is 2.97. The molecular weight excluding hydrogens is 285 g/mol. The summed E-state index contributed by atoms with van der Waals surface area (Å²) >= 11 is 0. The van der Waals surface area contributed by atoms with Gasteiger partial charge in [0.15, 0.2) is 0 Å². The van der Waals surface area contributed by atoms with Gasteiger partial charge in [-0.15, -0.1) is 0 Å². The smallest absolute Gasteiger partial charge is 0.381 e. The molecule has 0 unspecified atom stereocenters. The van der Waals surface area contributed by atoms with Gasteiger partial charge in [-0.05, 0) is 32.0 Å². The second kappa shape index (κ2) is 6.47. The fourth-order valence-corrected chi connectivity index (χ4v) is 3.27. The minimum absolute atomic E-state index is 0.00901. The maximum absolute atomic E-state index is 12.6. The Kier molecular flexibility index (Phi) is 5.44. The number of benzene rings is 1. The second-order valence-corrected chi connectivity index (χ2v) is 6.15. The molecule has 0 amide bonds. The highest BCUT2D eigenvalue weighted by Gasteiger charge is 2.50. The van der Waals surface area contributed by atoms with Crippen LogP contribution in [0.15, 0.2) is 18.2 Å². The highest BCUT2D eigenvalue weighted by molar-refractivity contribution is 7.54. The van der Waals surface area contributed by atoms with Gasteiger partial charge in [-0.2, -0.15) is 0 Å². The van der Waals surface area contributed by atoms with Crippen LogP contribution >= 0.6 is 7.60 Å². The summed E-state index contributed by atoms with van der Waals surface area (Å²) in [4.78, 5) is 10.8. The Bertz CT molecular complexity index is 521. The third-order valence-electron chi connectivity index (χ3n) is 2.57. The molecule has 0 heterocycles. The number of phenolic OH excluding ortho intramolecular Hbond substituents is 1. The average Bonchev–Trinajstić information content (AvgIpc) is 2.39. The molecule has 1 aromatic carbocycles. The highest BCUT2D eigenvalue weighted by atomic mass is 31.2. The SMILES string of the molecule is CCOP(=O)(OCC)[C@@](N)(O)c1cc(C=O)ccc1O. The van der Waals surface area contributed by atoms with Gasteiger partial charge in [0.25, 0.3) is 0 Å². The zero-order chi connectivity index (χ0) is 15.4. The molecule has 1 atom stereocenters. The van der Waals surface area contributed by atoms with Gasteiger partial charge in [0.2, 0.25) is 5.47 Å². The van der Waals surface area contributed by atoms with E-state index >= 15 is 0 Å². The molecule has 0 aliphatic heterocycles. The second-order valence-electron chi connectivity index (χ2n) is 3.95. The van der Waals surface area contributed by atoms with E-state index in [4.69, 9.17) is 14.8 Å². The quantitative estimate of drug-likeness (QED) is 0.397. The number of aromatic hydroxyl groups is 1. The lowest BCUT2D eigenvalue weighted by Crippen LogP contribution is -2.38. The van der Waals surface area contributed by atoms with E-state index in [0.29, 0.717) is 6.29 Å². The van der Waals surface area contributed by atoms with Gasteiger partial charge >= 0.3 is 7.60 Å². The first-order chi connectivity index (χ1) is 9.32. The van der Waals surface area contributed by atoms with Gasteiger partial charge in [0, 0.05) is 5.56 Å². The van der Waals surface area contributed by atoms with Crippen molar-refractivity contribution in [3.8, 4) is 5.75 Å². The van der Waals surface area contributed by atoms with Gasteiger partial charge in [0.1, 0.15) is 12.0 Å². The van der Waals surface area contributed by atoms with Crippen LogP contribution in [0.5, 0.6) is 5.75 Å². The molecule has 4 N–H and O–H groups in total. The van der Waals surface area contributed by atoms with Crippen molar-refractivity contribution < 1.29 is 28.6 Å². The predicted molar refractivity (Wildman–Crippen MR) is 72.4 cm³/mol. The zero-order valence-electron chi connectivity index (χ0n) is 11.3. The number of hydrogen-bond acceptors (Lipinski definition) is 7. The maximum atomic E-state index is 12.6. The van der Waals surface area contributed by atoms with Gasteiger partial charge in [-0.25, -0.2) is 0 Å². The molecule has 0 bridgehead atoms. The van der Waals surface area contributed by atoms with Crippen LogP contribution in [0.25, 0.3) is 0 Å². The monoisotopic (exact) mass is 303 g/mol. The van der Waals surface area contributed by atoms with Crippen LogP contribution in [-0.4, -0.2) is 29.7 Å². The first-order valence-corrected chi connectivity index (χ1v) is 7.55. The number of nitrogens with two attached hydrogens (primary N) is 1. The van der Waals surface area contributed by atoms with E-state index in [0.717, 1.165) is 6.07 Å². The molecule has 0 saturated carbocycles. The minimum atomic E-state index is -4.14. The number of aliphatic hydroxyl groups is 1. The number of aldehydes is 1. The summed E-state index contributed by atoms with van der Waals surface area (Å²) in [5.74, 6) is -0.416. The van der Waals surface area contributed by atoms with Crippen LogP contribution < -0.4 is 5.73 Å². The maximum Gasteiger partial charge on any atom is 0.381 e. The standard InChI is InChI=1S/C12H18NO6P/c1-3-18-20(17,19-4-2)12(13,16)10-7-9(8-14)5-6-11(10)15/h5-8,15-16H,3-4,13H2,1-2H3/t12-/m0/s1. The highest BCUT2D eigenvalue weighted by Crippen LogP contribution is 2.61. The van der Waals surface area contributed by atoms with Crippen molar-refractivity contribution in [1.82, 2.24) is 0 Å². The fourth-order valence-electron chi connectivity index (χ4n) is 1.64. The lowest BCUT2D eigenvalue weighted by molar-refractivity contribution is 0.0684. The normalized spacial score (nSPS) is 14.8. The summed E-state index contributed by atoms with van der Waals surface area (Å²) in [6.45, 7) is 3.10. The Morgan fingerprint density at radius 3 is 2.35 bits per heavy atom. The van der Waals surface area contributed by atoms with E-state index in [2.05, 4.69) is 0 Å². The van der Waals surface area contributed by atoms with Crippen molar-refractivity contribution in [2.24, 2.45) is 5.73 Å². The Hall–Kier alpha value is -1.24. The fraction of sp³-hybridized carbons (Fsp3) is 0.417. The molecule has 0 radical (unpaired) electrons. The summed E-state index contributed by atoms with van der Waals surface area (Å²) in [6.07, 6.45) is 0.505. The van der Waals surface area contributed by atoms with Crippen LogP contribution in [0.3, 0.4) is 0 Å². The van der Waals surface area contributed by atoms with Gasteiger partial charge in [-0.1, -0.05) is 0 Å². The van der Waals surface area contributed by atoms with E-state index in [9.17, 15) is 19.6 Å². The first kappa shape index (κ1) is 16.8. The Labute approximate surface area is 116 Å². The third-order valence-corrected chi connectivity index (χ3v) is 4.84. The molecule has 0 spiro atoms. The third kappa shape index (κ3) is 3.08. The summed E-state index contributed by atoms with van der Waals surface area (Å²) in [6, 6.07) is 3.63. The topological polar surface area (TPSA) is 119 Å². The number of hydrogen-bond donors (Lipinski definition) is 3. The molecule has 1 aromatic rings. The molecule has 7 nitrogen and oxygen atoms in total. The van der Waals surface area contributed by atoms with Crippen LogP contribution in [0.2, 0.25) is 0 Å². The van der Waals surface area contributed by atoms with E-state index < -0.39 is 18.8 Å². The molecule has 8 heteroatoms. The lowest BCUT2D eigenvalue weighted by Gasteiger charge is -2.31. The van der Waals surface area contributed by atoms with Crippen LogP contribution in [0.4, 0.5) is 0 Å². The van der Waals surface area contributed by atoms with Crippen LogP contribution in [0.1, 0.15) is 29.8 Å². The molecule has 0 saturated heterocycles. The predicted octanol–water partition coefficient (Wildman–Crippen LogP) is 1.53. The number of rotatable bonds is 7. The molecule has 0 fully saturated rings. The molecule has 20 heavy (non-hydrogen) atoms. The lowest BCUT2D eigenvalue weighted by atomic mass is 10.1. The number of carbonyl (C=O) groups excluding carboxylic acids is 1. The molecule has 0 aliphatic rings. The number of phenols is 1. The van der Waals surface area contributed by atoms with Crippen LogP contribution in [-0.2, 0) is 19.1 Å². The van der Waals surface area contributed by atoms with Crippen molar-refractivity contribution in [3.63, 3.8) is 0 Å². The Morgan fingerprint density at radius 1 is 1.35 bits per heavy atom. The van der Waals surface area contributed by atoms with Crippen molar-refractivity contribution in [1.29, 1.82) is 0 Å². The van der Waals surface area contributed by atoms with E-state index in [1.54, 1.807) is 13.8 Å². The Morgan fingerprint density at radius 2 is 1.90 bits per heavy atom. The first-order valence-electron chi connectivity index (χ1n) is 6.01. The van der Waals surface area contributed by atoms with Crippen molar-refractivity contribution >= 4 is 13.9 Å². The van der Waals surface area contributed by atoms with Gasteiger partial charge in [0.05, 0.1) is 18.8 Å². The molecule has 0 aromatic heterocycles. The van der Waals surface area contributed by atoms with Gasteiger partial charge in [-0.3, -0.25) is 15.1 Å². The summed E-state index contributed by atoms with van der Waals surface area (Å²) in [7, 11) is -4.14. The average molecular weight is 303 g/mol. The van der Waals surface area contributed by atoms with Crippen molar-refractivity contribution in [2.75, 3.05) is 13.2 Å². The van der Waals surface area contributed by atoms with Crippen molar-refractivity contribution in [3.05, 3.63) is 29.3 Å². The van der Waals surface area contributed by atoms with Crippen LogP contribution in [0, 0.1) is 0 Å². The Balaban J connectivity index is 3.39. The summed E-state index contributed by atoms with van der Waals surface area (Å²) < 4.78 is 22.5. The molecule has 1 rings (SSSR count). The van der Waals surface area contributed by atoms with E-state index in [1.807, 2.05) is 0 Å². The van der Waals surface area contributed by atoms with E-state index in [1.165, 1.54) is 12.1 Å². The largest absolute Gasteiger partial charge is 0.507 e. The van der Waals surface area contributed by atoms with Crippen molar-refractivity contribution in [2.45, 2.75) is 19.3 Å². The zero-order valence-corrected chi connectivity index (χ0v) is 12.2. The molecule has 0 aliphatic carbocycles. The molecular formula is C12H18NO6P. The minimum Gasteiger partial charge on any atom is -0.507 e. The van der Waals surface area contributed by atoms with Gasteiger partial charge < -0.3 is 19.3 Å². The summed E-state index contributed by atoms with van der Waals surface area (Å²) in [5, 5.41) is 20.1. The van der Waals surface area contributed by atoms with E-state index in [-0.39, 0.29) is 24.3 Å². The molecule has 112 valence electrons. The number of carbonyl (C=O) groups is 1.